The topological polar surface area (TPSA) is 65.3 Å². The Morgan fingerprint density at radius 3 is 1.33 bits per heavy atom. The summed E-state index contributed by atoms with van der Waals surface area (Å²) in [5, 5.41) is 0. The Labute approximate surface area is 192 Å². The van der Waals surface area contributed by atoms with Crippen molar-refractivity contribution in [1.29, 1.82) is 0 Å². The number of epoxide rings is 3. The molecule has 3 atom stereocenters. The Hall–Kier alpha value is -3.06. The molecular formula is C27H26O6. The van der Waals surface area contributed by atoms with Gasteiger partial charge in [0, 0.05) is 5.92 Å². The molecule has 0 aliphatic carbocycles. The second-order valence-electron chi connectivity index (χ2n) is 8.55. The molecule has 0 amide bonds. The van der Waals surface area contributed by atoms with Gasteiger partial charge in [-0.3, -0.25) is 0 Å². The van der Waals surface area contributed by atoms with Crippen LogP contribution in [0.1, 0.15) is 22.6 Å². The Morgan fingerprint density at radius 2 is 0.970 bits per heavy atom. The van der Waals surface area contributed by atoms with E-state index in [0.717, 1.165) is 30.5 Å². The van der Waals surface area contributed by atoms with Crippen LogP contribution in [0.2, 0.25) is 0 Å². The van der Waals surface area contributed by atoms with Gasteiger partial charge in [-0.05, 0) is 53.1 Å². The molecule has 0 radical (unpaired) electrons. The van der Waals surface area contributed by atoms with E-state index in [-0.39, 0.29) is 24.4 Å². The monoisotopic (exact) mass is 446 g/mol. The molecule has 0 spiro atoms. The predicted molar refractivity (Wildman–Crippen MR) is 121 cm³/mol. The lowest BCUT2D eigenvalue weighted by Crippen LogP contribution is -2.07. The standard InChI is InChI=1S/C27H26O6/c1-7-21(28-13-24-15-30-24)8-2-18(1)27(20-5-11-23(12-6-20)33-26-17-32-26)19-3-9-22(10-4-19)29-14-25-16-31-25/h1-12,24-27H,13-17H2. The molecule has 3 fully saturated rings. The molecule has 3 aliphatic rings. The molecule has 3 heterocycles. The summed E-state index contributed by atoms with van der Waals surface area (Å²) in [6.45, 7) is 3.44. The van der Waals surface area contributed by atoms with Gasteiger partial charge in [0.15, 0.2) is 0 Å². The fourth-order valence-electron chi connectivity index (χ4n) is 3.80. The summed E-state index contributed by atoms with van der Waals surface area (Å²) in [6, 6.07) is 24.9. The number of hydrogen-bond acceptors (Lipinski definition) is 6. The van der Waals surface area contributed by atoms with Crippen LogP contribution in [-0.2, 0) is 14.2 Å². The van der Waals surface area contributed by atoms with Crippen molar-refractivity contribution in [2.24, 2.45) is 0 Å². The van der Waals surface area contributed by atoms with Crippen LogP contribution in [0.4, 0.5) is 0 Å². The van der Waals surface area contributed by atoms with Gasteiger partial charge >= 0.3 is 0 Å². The highest BCUT2D eigenvalue weighted by Gasteiger charge is 2.26. The first-order valence-electron chi connectivity index (χ1n) is 11.4. The van der Waals surface area contributed by atoms with Gasteiger partial charge in [-0.25, -0.2) is 0 Å². The maximum absolute atomic E-state index is 5.82. The highest BCUT2D eigenvalue weighted by molar-refractivity contribution is 5.46. The zero-order valence-electron chi connectivity index (χ0n) is 18.2. The van der Waals surface area contributed by atoms with Gasteiger partial charge in [-0.1, -0.05) is 36.4 Å². The molecule has 0 bridgehead atoms. The maximum Gasteiger partial charge on any atom is 0.223 e. The second-order valence-corrected chi connectivity index (χ2v) is 8.55. The van der Waals surface area contributed by atoms with Crippen LogP contribution < -0.4 is 14.2 Å². The highest BCUT2D eigenvalue weighted by atomic mass is 16.8. The molecule has 0 N–H and O–H groups in total. The first-order chi connectivity index (χ1) is 16.3. The molecule has 0 saturated carbocycles. The average Bonchev–Trinajstić information content (AvgIpc) is 3.69. The van der Waals surface area contributed by atoms with Crippen LogP contribution in [0.15, 0.2) is 72.8 Å². The summed E-state index contributed by atoms with van der Waals surface area (Å²) in [5.41, 5.74) is 3.55. The Morgan fingerprint density at radius 1 is 0.576 bits per heavy atom. The van der Waals surface area contributed by atoms with Gasteiger partial charge in [0.1, 0.15) is 49.3 Å². The quantitative estimate of drug-likeness (QED) is 0.326. The van der Waals surface area contributed by atoms with E-state index >= 15 is 0 Å². The molecule has 3 saturated heterocycles. The van der Waals surface area contributed by atoms with Crippen molar-refractivity contribution in [3.8, 4) is 17.2 Å². The second kappa shape index (κ2) is 9.06. The number of benzene rings is 3. The third-order valence-corrected chi connectivity index (χ3v) is 5.89. The van der Waals surface area contributed by atoms with Crippen LogP contribution in [0.5, 0.6) is 17.2 Å². The molecule has 33 heavy (non-hydrogen) atoms. The van der Waals surface area contributed by atoms with E-state index < -0.39 is 0 Å². The van der Waals surface area contributed by atoms with E-state index in [1.54, 1.807) is 0 Å². The minimum absolute atomic E-state index is 0.0675. The minimum atomic E-state index is -0.103. The van der Waals surface area contributed by atoms with Crippen molar-refractivity contribution < 1.29 is 28.4 Å². The minimum Gasteiger partial charge on any atom is -0.491 e. The predicted octanol–water partition coefficient (Wildman–Crippen LogP) is 4.16. The van der Waals surface area contributed by atoms with Crippen LogP contribution >= 0.6 is 0 Å². The van der Waals surface area contributed by atoms with Gasteiger partial charge in [0.2, 0.25) is 6.29 Å². The zero-order valence-corrected chi connectivity index (χ0v) is 18.2. The summed E-state index contributed by atoms with van der Waals surface area (Å²) in [4.78, 5) is 0. The number of hydrogen-bond donors (Lipinski definition) is 0. The summed E-state index contributed by atoms with van der Waals surface area (Å²) in [7, 11) is 0. The fraction of sp³-hybridized carbons (Fsp3) is 0.333. The molecule has 6 heteroatoms. The number of rotatable bonds is 11. The van der Waals surface area contributed by atoms with Gasteiger partial charge < -0.3 is 28.4 Å². The van der Waals surface area contributed by atoms with Gasteiger partial charge in [0.05, 0.1) is 13.2 Å². The Balaban J connectivity index is 1.24. The van der Waals surface area contributed by atoms with Gasteiger partial charge in [-0.15, -0.1) is 0 Å². The molecule has 3 unspecified atom stereocenters. The largest absolute Gasteiger partial charge is 0.491 e. The van der Waals surface area contributed by atoms with E-state index in [2.05, 4.69) is 36.4 Å². The summed E-state index contributed by atoms with van der Waals surface area (Å²) < 4.78 is 33.0. The van der Waals surface area contributed by atoms with Crippen molar-refractivity contribution in [3.05, 3.63) is 89.5 Å². The van der Waals surface area contributed by atoms with Crippen LogP contribution in [0.3, 0.4) is 0 Å². The maximum atomic E-state index is 5.82. The summed E-state index contributed by atoms with van der Waals surface area (Å²) in [5.74, 6) is 2.59. The molecule has 3 aromatic rings. The Kier molecular flexibility index (Phi) is 5.64. The van der Waals surface area contributed by atoms with Crippen molar-refractivity contribution >= 4 is 0 Å². The van der Waals surface area contributed by atoms with E-state index in [9.17, 15) is 0 Å². The van der Waals surface area contributed by atoms with Crippen LogP contribution in [0, 0.1) is 0 Å². The Bertz CT molecular complexity index is 992. The van der Waals surface area contributed by atoms with Crippen LogP contribution in [-0.4, -0.2) is 51.5 Å². The smallest absolute Gasteiger partial charge is 0.223 e. The zero-order chi connectivity index (χ0) is 22.0. The van der Waals surface area contributed by atoms with E-state index in [1.807, 2.05) is 36.4 Å². The molecular weight excluding hydrogens is 420 g/mol. The molecule has 6 nitrogen and oxygen atoms in total. The lowest BCUT2D eigenvalue weighted by molar-refractivity contribution is 0.179. The molecule has 0 aromatic heterocycles. The first kappa shape index (κ1) is 20.5. The van der Waals surface area contributed by atoms with E-state index in [4.69, 9.17) is 28.4 Å². The van der Waals surface area contributed by atoms with Gasteiger partial charge in [0.25, 0.3) is 0 Å². The number of ether oxygens (including phenoxy) is 6. The molecule has 3 aromatic carbocycles. The molecule has 6 rings (SSSR count). The first-order valence-corrected chi connectivity index (χ1v) is 11.4. The van der Waals surface area contributed by atoms with Crippen molar-refractivity contribution in [2.45, 2.75) is 24.4 Å². The third-order valence-electron chi connectivity index (χ3n) is 5.89. The molecule has 3 aliphatic heterocycles. The van der Waals surface area contributed by atoms with E-state index in [0.29, 0.717) is 19.8 Å². The normalized spacial score (nSPS) is 23.5. The highest BCUT2D eigenvalue weighted by Crippen LogP contribution is 2.35. The molecule has 170 valence electrons. The summed E-state index contributed by atoms with van der Waals surface area (Å²) >= 11 is 0. The van der Waals surface area contributed by atoms with Crippen molar-refractivity contribution in [3.63, 3.8) is 0 Å². The lowest BCUT2D eigenvalue weighted by Gasteiger charge is -2.20. The van der Waals surface area contributed by atoms with Crippen LogP contribution in [0.25, 0.3) is 0 Å². The summed E-state index contributed by atoms with van der Waals surface area (Å²) in [6.07, 6.45) is 0.381. The third kappa shape index (κ3) is 5.47. The SMILES string of the molecule is c1cc(C(c2ccc(OCC3CO3)cc2)c2ccc(OC3CO3)cc2)ccc1OCC1CO1. The fourth-order valence-corrected chi connectivity index (χ4v) is 3.80. The van der Waals surface area contributed by atoms with E-state index in [1.165, 1.54) is 16.7 Å². The van der Waals surface area contributed by atoms with Crippen molar-refractivity contribution in [2.75, 3.05) is 33.0 Å². The average molecular weight is 446 g/mol. The lowest BCUT2D eigenvalue weighted by atomic mass is 9.85. The van der Waals surface area contributed by atoms with Gasteiger partial charge in [-0.2, -0.15) is 0 Å². The van der Waals surface area contributed by atoms with Crippen molar-refractivity contribution in [1.82, 2.24) is 0 Å².